The maximum atomic E-state index is 13.5. The van der Waals surface area contributed by atoms with Crippen molar-refractivity contribution in [3.63, 3.8) is 0 Å². The number of carbonyl (C=O) groups excluding carboxylic acids is 1. The Morgan fingerprint density at radius 2 is 1.90 bits per heavy atom. The molecule has 1 aromatic rings. The summed E-state index contributed by atoms with van der Waals surface area (Å²) in [6, 6.07) is 5.99. The first-order valence-corrected chi connectivity index (χ1v) is 11.7. The molecule has 0 aliphatic carbocycles. The lowest BCUT2D eigenvalue weighted by molar-refractivity contribution is -0.156. The van der Waals surface area contributed by atoms with Crippen LogP contribution in [0, 0.1) is 5.92 Å². The highest BCUT2D eigenvalue weighted by atomic mass is 35.5. The van der Waals surface area contributed by atoms with E-state index in [-0.39, 0.29) is 24.0 Å². The van der Waals surface area contributed by atoms with Crippen LogP contribution in [0.4, 0.5) is 0 Å². The summed E-state index contributed by atoms with van der Waals surface area (Å²) in [4.78, 5) is 38.8. The van der Waals surface area contributed by atoms with Gasteiger partial charge in [-0.2, -0.15) is 0 Å². The smallest absolute Gasteiger partial charge is 0.327 e. The summed E-state index contributed by atoms with van der Waals surface area (Å²) in [5, 5.41) is 19.9. The van der Waals surface area contributed by atoms with Gasteiger partial charge in [0.2, 0.25) is 5.91 Å². The Balaban J connectivity index is 2.32. The maximum absolute atomic E-state index is 13.5. The lowest BCUT2D eigenvalue weighted by atomic mass is 9.76. The van der Waals surface area contributed by atoms with Crippen LogP contribution in [-0.2, 0) is 20.8 Å². The summed E-state index contributed by atoms with van der Waals surface area (Å²) >= 11 is 7.24. The van der Waals surface area contributed by atoms with E-state index in [0.29, 0.717) is 30.8 Å². The van der Waals surface area contributed by atoms with Crippen LogP contribution in [0.5, 0.6) is 0 Å². The van der Waals surface area contributed by atoms with Gasteiger partial charge in [-0.25, -0.2) is 4.79 Å². The average Bonchev–Trinajstić information content (AvgIpc) is 3.10. The normalized spacial score (nSPS) is 21.5. The highest BCUT2D eigenvalue weighted by Gasteiger charge is 2.51. The summed E-state index contributed by atoms with van der Waals surface area (Å²) in [6.45, 7) is 2.12. The third-order valence-electron chi connectivity index (χ3n) is 5.77. The van der Waals surface area contributed by atoms with Gasteiger partial charge in [-0.05, 0) is 56.3 Å². The molecule has 0 spiro atoms. The van der Waals surface area contributed by atoms with Crippen LogP contribution in [-0.4, -0.2) is 62.2 Å². The van der Waals surface area contributed by atoms with E-state index in [2.05, 4.69) is 0 Å². The van der Waals surface area contributed by atoms with Gasteiger partial charge in [-0.3, -0.25) is 9.59 Å². The quantitative estimate of drug-likeness (QED) is 0.359. The number of amides is 1. The van der Waals surface area contributed by atoms with Gasteiger partial charge in [0.15, 0.2) is 0 Å². The van der Waals surface area contributed by atoms with E-state index >= 15 is 0 Å². The number of rotatable bonds is 11. The Hall–Kier alpha value is -1.81. The standard InChI is InChI=1S/C21H30ClN3O5S/c1-13-17(19(28)29)25(12-31-13)20(30)21(24,10-2-3-11-23)16(18(26)27)9-6-14-4-7-15(22)8-5-14/h4-5,7-8,13,16-17H,2-3,6,9-12,23-24H2,1H3,(H,26,27)(H,28,29)/t13-,16?,17+,21-/m1/s1. The Kier molecular flexibility index (Phi) is 9.17. The summed E-state index contributed by atoms with van der Waals surface area (Å²) in [7, 11) is 0. The largest absolute Gasteiger partial charge is 0.481 e. The predicted octanol–water partition coefficient (Wildman–Crippen LogP) is 2.17. The Morgan fingerprint density at radius 1 is 1.26 bits per heavy atom. The minimum Gasteiger partial charge on any atom is -0.481 e. The van der Waals surface area contributed by atoms with E-state index in [1.165, 1.54) is 16.7 Å². The number of thioether (sulfide) groups is 1. The lowest BCUT2D eigenvalue weighted by Crippen LogP contribution is -2.63. The molecule has 8 nitrogen and oxygen atoms in total. The zero-order chi connectivity index (χ0) is 23.2. The molecule has 172 valence electrons. The van der Waals surface area contributed by atoms with Gasteiger partial charge < -0.3 is 26.6 Å². The van der Waals surface area contributed by atoms with Crippen molar-refractivity contribution in [2.75, 3.05) is 12.4 Å². The molecule has 10 heteroatoms. The molecular weight excluding hydrogens is 442 g/mol. The van der Waals surface area contributed by atoms with E-state index in [1.54, 1.807) is 31.2 Å². The fourth-order valence-electron chi connectivity index (χ4n) is 3.96. The summed E-state index contributed by atoms with van der Waals surface area (Å²) in [6.07, 6.45) is 1.70. The molecule has 1 unspecified atom stereocenters. The van der Waals surface area contributed by atoms with Gasteiger partial charge in [0.05, 0.1) is 11.8 Å². The SMILES string of the molecule is C[C@H]1SCN(C(=O)[C@@](N)(CCCCN)C(CCc2ccc(Cl)cc2)C(=O)O)[C@@H]1C(=O)O. The van der Waals surface area contributed by atoms with Crippen molar-refractivity contribution in [1.82, 2.24) is 4.90 Å². The van der Waals surface area contributed by atoms with E-state index < -0.39 is 35.3 Å². The van der Waals surface area contributed by atoms with Crippen molar-refractivity contribution >= 4 is 41.2 Å². The zero-order valence-corrected chi connectivity index (χ0v) is 19.1. The van der Waals surface area contributed by atoms with Crippen LogP contribution in [0.3, 0.4) is 0 Å². The van der Waals surface area contributed by atoms with Gasteiger partial charge >= 0.3 is 11.9 Å². The Labute approximate surface area is 191 Å². The second kappa shape index (κ2) is 11.2. The number of benzene rings is 1. The molecule has 1 saturated heterocycles. The first kappa shape index (κ1) is 25.5. The minimum atomic E-state index is -1.73. The van der Waals surface area contributed by atoms with E-state index in [9.17, 15) is 24.6 Å². The van der Waals surface area contributed by atoms with Gasteiger partial charge in [-0.15, -0.1) is 11.8 Å². The average molecular weight is 472 g/mol. The number of aliphatic carboxylic acids is 2. The molecule has 4 atom stereocenters. The van der Waals surface area contributed by atoms with E-state index in [0.717, 1.165) is 5.56 Å². The van der Waals surface area contributed by atoms with Crippen LogP contribution in [0.2, 0.25) is 5.02 Å². The monoisotopic (exact) mass is 471 g/mol. The van der Waals surface area contributed by atoms with Gasteiger partial charge in [0.1, 0.15) is 11.6 Å². The van der Waals surface area contributed by atoms with Crippen LogP contribution in [0.15, 0.2) is 24.3 Å². The van der Waals surface area contributed by atoms with Gasteiger partial charge in [0.25, 0.3) is 0 Å². The fourth-order valence-corrected chi connectivity index (χ4v) is 5.21. The number of carboxylic acids is 2. The zero-order valence-electron chi connectivity index (χ0n) is 17.5. The molecule has 1 amide bonds. The third kappa shape index (κ3) is 6.12. The molecule has 0 saturated carbocycles. The van der Waals surface area contributed by atoms with Crippen LogP contribution in [0.1, 0.15) is 38.2 Å². The number of carboxylic acid groups (broad SMARTS) is 2. The van der Waals surface area contributed by atoms with Crippen molar-refractivity contribution in [1.29, 1.82) is 0 Å². The van der Waals surface area contributed by atoms with Crippen molar-refractivity contribution in [3.8, 4) is 0 Å². The first-order valence-electron chi connectivity index (χ1n) is 10.2. The van der Waals surface area contributed by atoms with E-state index in [4.69, 9.17) is 23.1 Å². The highest BCUT2D eigenvalue weighted by Crippen LogP contribution is 2.35. The molecule has 6 N–H and O–H groups in total. The first-order chi connectivity index (χ1) is 14.6. The Morgan fingerprint density at radius 3 is 2.45 bits per heavy atom. The topological polar surface area (TPSA) is 147 Å². The highest BCUT2D eigenvalue weighted by molar-refractivity contribution is 8.00. The third-order valence-corrected chi connectivity index (χ3v) is 7.23. The molecule has 1 fully saturated rings. The second-order valence-corrected chi connectivity index (χ2v) is 9.67. The maximum Gasteiger partial charge on any atom is 0.327 e. The molecule has 31 heavy (non-hydrogen) atoms. The molecule has 1 aromatic carbocycles. The van der Waals surface area contributed by atoms with Crippen molar-refractivity contribution in [2.24, 2.45) is 17.4 Å². The summed E-state index contributed by atoms with van der Waals surface area (Å²) in [5.74, 6) is -3.94. The molecule has 1 aliphatic rings. The minimum absolute atomic E-state index is 0.114. The molecule has 0 aromatic heterocycles. The number of hydrogen-bond donors (Lipinski definition) is 4. The van der Waals surface area contributed by atoms with Gasteiger partial charge in [0, 0.05) is 10.3 Å². The van der Waals surface area contributed by atoms with Gasteiger partial charge in [-0.1, -0.05) is 30.7 Å². The molecule has 1 aliphatic heterocycles. The van der Waals surface area contributed by atoms with Crippen LogP contribution >= 0.6 is 23.4 Å². The van der Waals surface area contributed by atoms with Crippen molar-refractivity contribution in [3.05, 3.63) is 34.9 Å². The fraction of sp³-hybridized carbons (Fsp3) is 0.571. The number of nitrogens with zero attached hydrogens (tertiary/aromatic N) is 1. The summed E-state index contributed by atoms with van der Waals surface area (Å²) < 4.78 is 0. The van der Waals surface area contributed by atoms with Crippen molar-refractivity contribution in [2.45, 2.75) is 55.9 Å². The molecule has 1 heterocycles. The number of nitrogens with two attached hydrogens (primary N) is 2. The Bertz CT molecular complexity index is 794. The van der Waals surface area contributed by atoms with Crippen LogP contribution in [0.25, 0.3) is 0 Å². The second-order valence-electron chi connectivity index (χ2n) is 7.90. The number of aryl methyl sites for hydroxylation is 1. The number of carbonyl (C=O) groups is 3. The molecular formula is C21H30ClN3O5S. The molecule has 0 bridgehead atoms. The number of unbranched alkanes of at least 4 members (excludes halogenated alkanes) is 1. The van der Waals surface area contributed by atoms with E-state index in [1.807, 2.05) is 0 Å². The lowest BCUT2D eigenvalue weighted by Gasteiger charge is -2.38. The number of hydrogen-bond acceptors (Lipinski definition) is 6. The summed E-state index contributed by atoms with van der Waals surface area (Å²) in [5.41, 5.74) is 11.3. The number of halogens is 1. The molecule has 0 radical (unpaired) electrons. The van der Waals surface area contributed by atoms with Crippen molar-refractivity contribution < 1.29 is 24.6 Å². The predicted molar refractivity (Wildman–Crippen MR) is 121 cm³/mol. The van der Waals surface area contributed by atoms with Crippen LogP contribution < -0.4 is 11.5 Å². The molecule has 2 rings (SSSR count).